The number of nitrogens with zero attached hydrogens (tertiary/aromatic N) is 12. The number of hydrogen-bond donors (Lipinski definition) is 0. The Morgan fingerprint density at radius 1 is 0.550 bits per heavy atom. The van der Waals surface area contributed by atoms with Gasteiger partial charge in [0.1, 0.15) is 0 Å². The van der Waals surface area contributed by atoms with E-state index in [1.54, 1.807) is 37.2 Å². The molecule has 0 aliphatic rings. The predicted octanol–water partition coefficient (Wildman–Crippen LogP) is -0.284. The fourth-order valence-electron chi connectivity index (χ4n) is 3.98. The molecule has 0 saturated heterocycles. The van der Waals surface area contributed by atoms with Crippen LogP contribution in [0.25, 0.3) is 0 Å². The van der Waals surface area contributed by atoms with Crippen molar-refractivity contribution >= 4 is 20.0 Å². The molecule has 0 unspecified atom stereocenters. The standard InChI is InChI=1S/2C9H10BN6.C5H8O2.Dy/c2*1-4-11-14(7-1)10(15-8-2-5-12-15)16-9-3-6-13-16;1-4(6)3-5(2)7;/h2*1-10H;3,6H,1-2H3;/q2*-1;;+3/p-1/b;;4-3-;. The first-order chi connectivity index (χ1) is 19.0. The Kier molecular flexibility index (Phi) is 11.8. The summed E-state index contributed by atoms with van der Waals surface area (Å²) in [6, 6.07) is 11.4. The topological polar surface area (TPSA) is 147 Å². The van der Waals surface area contributed by atoms with Gasteiger partial charge in [-0.1, -0.05) is 6.92 Å². The Labute approximate surface area is 261 Å². The Hall–Kier alpha value is -4.13. The zero-order valence-electron chi connectivity index (χ0n) is 21.9. The summed E-state index contributed by atoms with van der Waals surface area (Å²) in [5.41, 5.74) is 0. The van der Waals surface area contributed by atoms with Gasteiger partial charge in [0.15, 0.2) is 5.78 Å². The molecule has 0 atom stereocenters. The van der Waals surface area contributed by atoms with Crippen LogP contribution in [0.1, 0.15) is 13.8 Å². The molecular weight excluding hydrogens is 660 g/mol. The van der Waals surface area contributed by atoms with Crippen LogP contribution in [0.5, 0.6) is 0 Å². The molecular formula is C23H27B2DyN12O2. The van der Waals surface area contributed by atoms with Crippen LogP contribution >= 0.6 is 0 Å². The second kappa shape index (κ2) is 15.5. The number of carbonyl (C=O) groups excluding carboxylic acids is 1. The van der Waals surface area contributed by atoms with Crippen LogP contribution < -0.4 is 5.11 Å². The summed E-state index contributed by atoms with van der Waals surface area (Å²) in [6.07, 6.45) is 23.1. The zero-order chi connectivity index (χ0) is 27.5. The summed E-state index contributed by atoms with van der Waals surface area (Å²) in [5.74, 6) is -0.375. The van der Waals surface area contributed by atoms with Crippen LogP contribution in [0.4, 0.5) is 0 Å². The van der Waals surface area contributed by atoms with Crippen molar-refractivity contribution in [2.24, 2.45) is 0 Å². The normalized spacial score (nSPS) is 10.8. The molecule has 6 aromatic heterocycles. The fourth-order valence-corrected chi connectivity index (χ4v) is 3.98. The van der Waals surface area contributed by atoms with Crippen molar-refractivity contribution in [2.45, 2.75) is 13.8 Å². The molecule has 14 nitrogen and oxygen atoms in total. The van der Waals surface area contributed by atoms with Crippen molar-refractivity contribution in [3.63, 3.8) is 0 Å². The van der Waals surface area contributed by atoms with Gasteiger partial charge in [-0.25, -0.2) is 30.6 Å². The molecule has 207 valence electrons. The van der Waals surface area contributed by atoms with Gasteiger partial charge < -0.3 is 32.7 Å². The van der Waals surface area contributed by atoms with Crippen molar-refractivity contribution in [1.82, 2.24) is 58.1 Å². The van der Waals surface area contributed by atoms with E-state index in [0.717, 1.165) is 6.08 Å². The molecule has 0 aliphatic carbocycles. The maximum absolute atomic E-state index is 9.98. The van der Waals surface area contributed by atoms with Gasteiger partial charge in [-0.15, -0.1) is 5.76 Å². The number of aromatic nitrogens is 12. The van der Waals surface area contributed by atoms with E-state index in [-0.39, 0.29) is 49.7 Å². The van der Waals surface area contributed by atoms with Crippen LogP contribution in [0.2, 0.25) is 0 Å². The summed E-state index contributed by atoms with van der Waals surface area (Å²) in [4.78, 5) is 9.98. The van der Waals surface area contributed by atoms with Gasteiger partial charge in [0.25, 0.3) is 0 Å². The van der Waals surface area contributed by atoms with Crippen LogP contribution in [0, 0.1) is 38.2 Å². The average Bonchev–Trinajstić information content (AvgIpc) is 3.73. The second-order valence-electron chi connectivity index (χ2n) is 8.49. The molecule has 0 N–H and O–H groups in total. The van der Waals surface area contributed by atoms with Crippen LogP contribution in [0.3, 0.4) is 0 Å². The third-order valence-electron chi connectivity index (χ3n) is 5.50. The predicted molar refractivity (Wildman–Crippen MR) is 144 cm³/mol. The minimum atomic E-state index is -1.12. The number of carbonyl (C=O) groups is 1. The quantitative estimate of drug-likeness (QED) is 0.127. The average molecular weight is 688 g/mol. The largest absolute Gasteiger partial charge is 3.00 e. The van der Waals surface area contributed by atoms with E-state index in [9.17, 15) is 9.90 Å². The van der Waals surface area contributed by atoms with E-state index in [1.807, 2.05) is 101 Å². The molecule has 0 amide bonds. The van der Waals surface area contributed by atoms with Crippen LogP contribution in [0.15, 0.2) is 123 Å². The molecule has 6 aromatic rings. The van der Waals surface area contributed by atoms with E-state index in [1.165, 1.54) is 13.8 Å². The van der Waals surface area contributed by atoms with E-state index in [2.05, 4.69) is 30.6 Å². The van der Waals surface area contributed by atoms with Gasteiger partial charge in [-0.05, 0) is 86.6 Å². The maximum atomic E-state index is 9.98. The number of hydrogen-bond acceptors (Lipinski definition) is 8. The molecule has 6 rings (SSSR count). The fraction of sp³-hybridized carbons (Fsp3) is 0.0870. The third kappa shape index (κ3) is 8.44. The molecule has 6 heterocycles. The first kappa shape index (κ1) is 30.4. The molecule has 0 fully saturated rings. The summed E-state index contributed by atoms with van der Waals surface area (Å²) in [5, 5.41) is 35.5. The van der Waals surface area contributed by atoms with E-state index < -0.39 is 14.2 Å². The molecule has 40 heavy (non-hydrogen) atoms. The van der Waals surface area contributed by atoms with Crippen molar-refractivity contribution < 1.29 is 48.1 Å². The van der Waals surface area contributed by atoms with Crippen molar-refractivity contribution in [3.05, 3.63) is 123 Å². The van der Waals surface area contributed by atoms with E-state index in [4.69, 9.17) is 0 Å². The Morgan fingerprint density at radius 3 is 0.875 bits per heavy atom. The Morgan fingerprint density at radius 2 is 0.775 bits per heavy atom. The minimum absolute atomic E-state index is 0. The Balaban J connectivity index is 0.000000177. The number of ketones is 1. The minimum Gasteiger partial charge on any atom is -0.876 e. The van der Waals surface area contributed by atoms with Gasteiger partial charge in [-0.2, -0.15) is 0 Å². The van der Waals surface area contributed by atoms with Crippen molar-refractivity contribution in [2.75, 3.05) is 0 Å². The molecule has 17 heteroatoms. The van der Waals surface area contributed by atoms with E-state index >= 15 is 0 Å². The smallest absolute Gasteiger partial charge is 0.876 e. The first-order valence-corrected chi connectivity index (χ1v) is 12.2. The van der Waals surface area contributed by atoms with Gasteiger partial charge >= 0.3 is 52.4 Å². The SMILES string of the molecule is CC(=O)/C=C(/C)[O-].[Dy+3].c1cnn([BH-](n2cccn2)n2cccn2)c1.c1cnn([BH-](n2cccn2)n2cccn2)c1. The zero-order valence-corrected chi connectivity index (χ0v) is 23.9. The Bertz CT molecular complexity index is 1230. The maximum Gasteiger partial charge on any atom is 3.00 e. The molecule has 0 saturated carbocycles. The molecule has 0 aliphatic heterocycles. The van der Waals surface area contributed by atoms with Gasteiger partial charge in [0.2, 0.25) is 0 Å². The second-order valence-corrected chi connectivity index (χ2v) is 8.49. The first-order valence-electron chi connectivity index (χ1n) is 12.2. The summed E-state index contributed by atoms with van der Waals surface area (Å²) in [6.45, 7) is 2.70. The summed E-state index contributed by atoms with van der Waals surface area (Å²) >= 11 is 0. The van der Waals surface area contributed by atoms with Gasteiger partial charge in [0.05, 0.1) is 0 Å². The summed E-state index contributed by atoms with van der Waals surface area (Å²) in [7, 11) is -2.25. The van der Waals surface area contributed by atoms with Crippen molar-refractivity contribution in [1.29, 1.82) is 0 Å². The third-order valence-corrected chi connectivity index (χ3v) is 5.50. The molecule has 0 bridgehead atoms. The van der Waals surface area contributed by atoms with E-state index in [0.29, 0.717) is 0 Å². The molecule has 0 spiro atoms. The molecule has 1 radical (unpaired) electrons. The summed E-state index contributed by atoms with van der Waals surface area (Å²) < 4.78 is 11.2. The monoisotopic (exact) mass is 689 g/mol. The van der Waals surface area contributed by atoms with Crippen molar-refractivity contribution in [3.8, 4) is 0 Å². The van der Waals surface area contributed by atoms with Crippen LogP contribution in [-0.2, 0) is 4.79 Å². The number of rotatable bonds is 7. The van der Waals surface area contributed by atoms with Gasteiger partial charge in [0, 0.05) is 37.2 Å². The molecule has 0 aromatic carbocycles. The number of allylic oxidation sites excluding steroid dienone is 2. The van der Waals surface area contributed by atoms with Crippen LogP contribution in [-0.4, -0.2) is 78.2 Å². The van der Waals surface area contributed by atoms with Gasteiger partial charge in [-0.3, -0.25) is 4.79 Å².